The molecule has 0 spiro atoms. The molecule has 1 saturated heterocycles. The Kier molecular flexibility index (Phi) is 5.87. The van der Waals surface area contributed by atoms with Gasteiger partial charge in [-0.25, -0.2) is 0 Å². The number of nitrogens with one attached hydrogen (secondary N) is 1. The molecule has 1 rings (SSSR count). The lowest BCUT2D eigenvalue weighted by Gasteiger charge is -2.15. The molecule has 1 aliphatic heterocycles. The van der Waals surface area contributed by atoms with Crippen LogP contribution in [0.15, 0.2) is 0 Å². The highest BCUT2D eigenvalue weighted by atomic mass is 19.4. The summed E-state index contributed by atoms with van der Waals surface area (Å²) in [7, 11) is 0. The predicted molar refractivity (Wildman–Crippen MR) is 59.9 cm³/mol. The van der Waals surface area contributed by atoms with E-state index >= 15 is 0 Å². The lowest BCUT2D eigenvalue weighted by Crippen LogP contribution is -2.33. The fraction of sp³-hybridized carbons (Fsp3) is 0.909. The summed E-state index contributed by atoms with van der Waals surface area (Å²) >= 11 is 0. The molecule has 1 aliphatic rings. The van der Waals surface area contributed by atoms with Crippen LogP contribution in [0.2, 0.25) is 0 Å². The second kappa shape index (κ2) is 6.94. The molecule has 1 atom stereocenters. The maximum absolute atomic E-state index is 11.8. The van der Waals surface area contributed by atoms with E-state index in [1.807, 2.05) is 6.92 Å². The lowest BCUT2D eigenvalue weighted by atomic mass is 10.1. The summed E-state index contributed by atoms with van der Waals surface area (Å²) in [6, 6.07) is -0.187. The maximum Gasteiger partial charge on any atom is 0.411 e. The molecule has 0 bridgehead atoms. The molecule has 1 N–H and O–H groups in total. The van der Waals surface area contributed by atoms with Crippen LogP contribution in [-0.2, 0) is 9.53 Å². The minimum Gasteiger partial charge on any atom is -0.370 e. The van der Waals surface area contributed by atoms with Gasteiger partial charge in [-0.2, -0.15) is 13.2 Å². The van der Waals surface area contributed by atoms with Crippen LogP contribution in [-0.4, -0.2) is 49.5 Å². The van der Waals surface area contributed by atoms with Gasteiger partial charge < -0.3 is 9.64 Å². The molecule has 4 nitrogen and oxygen atoms in total. The van der Waals surface area contributed by atoms with E-state index < -0.39 is 12.8 Å². The van der Waals surface area contributed by atoms with Crippen LogP contribution >= 0.6 is 0 Å². The monoisotopic (exact) mass is 268 g/mol. The van der Waals surface area contributed by atoms with Crippen molar-refractivity contribution in [3.05, 3.63) is 0 Å². The molecule has 0 saturated carbocycles. The molecular weight excluding hydrogens is 249 g/mol. The number of unbranched alkanes of at least 4 members (excludes halogenated alkanes) is 1. The normalized spacial score (nSPS) is 20.8. The van der Waals surface area contributed by atoms with E-state index in [0.717, 1.165) is 19.3 Å². The first-order valence-corrected chi connectivity index (χ1v) is 6.10. The summed E-state index contributed by atoms with van der Waals surface area (Å²) in [6.07, 6.45) is -1.56. The van der Waals surface area contributed by atoms with Crippen LogP contribution in [0, 0.1) is 0 Å². The zero-order chi connectivity index (χ0) is 13.6. The molecular formula is C11H19F3N2O2. The number of ether oxygens (including phenoxy) is 1. The van der Waals surface area contributed by atoms with E-state index in [2.05, 4.69) is 10.1 Å². The topological polar surface area (TPSA) is 41.6 Å². The zero-order valence-corrected chi connectivity index (χ0v) is 10.4. The SMILES string of the molecule is CCCCC1NCN(CCOCC(F)(F)F)C1=O. The Balaban J connectivity index is 2.18. The van der Waals surface area contributed by atoms with E-state index in [9.17, 15) is 18.0 Å². The number of hydrogen-bond donors (Lipinski definition) is 1. The fourth-order valence-corrected chi connectivity index (χ4v) is 1.79. The van der Waals surface area contributed by atoms with E-state index in [0.29, 0.717) is 6.67 Å². The molecule has 0 aromatic rings. The second-order valence-corrected chi connectivity index (χ2v) is 4.33. The summed E-state index contributed by atoms with van der Waals surface area (Å²) in [6.45, 7) is 1.28. The van der Waals surface area contributed by atoms with Crippen molar-refractivity contribution in [2.45, 2.75) is 38.4 Å². The van der Waals surface area contributed by atoms with Crippen LogP contribution in [0.25, 0.3) is 0 Å². The van der Waals surface area contributed by atoms with Crippen LogP contribution < -0.4 is 5.32 Å². The lowest BCUT2D eigenvalue weighted by molar-refractivity contribution is -0.174. The van der Waals surface area contributed by atoms with E-state index in [1.54, 1.807) is 0 Å². The predicted octanol–water partition coefficient (Wildman–Crippen LogP) is 1.51. The van der Waals surface area contributed by atoms with Crippen molar-refractivity contribution in [3.8, 4) is 0 Å². The zero-order valence-electron chi connectivity index (χ0n) is 10.4. The number of alkyl halides is 3. The van der Waals surface area contributed by atoms with Crippen LogP contribution in [0.3, 0.4) is 0 Å². The molecule has 106 valence electrons. The molecule has 0 aromatic carbocycles. The van der Waals surface area contributed by atoms with Crippen LogP contribution in [0.5, 0.6) is 0 Å². The smallest absolute Gasteiger partial charge is 0.370 e. The Morgan fingerprint density at radius 3 is 2.83 bits per heavy atom. The third kappa shape index (κ3) is 5.22. The molecule has 0 aromatic heterocycles. The minimum absolute atomic E-state index is 0.0425. The largest absolute Gasteiger partial charge is 0.411 e. The van der Waals surface area contributed by atoms with Crippen molar-refractivity contribution in [2.24, 2.45) is 0 Å². The van der Waals surface area contributed by atoms with Gasteiger partial charge in [0.2, 0.25) is 5.91 Å². The van der Waals surface area contributed by atoms with Gasteiger partial charge in [-0.1, -0.05) is 19.8 Å². The number of nitrogens with zero attached hydrogens (tertiary/aromatic N) is 1. The summed E-state index contributed by atoms with van der Waals surface area (Å²) in [5.74, 6) is -0.0425. The Labute approximate surface area is 104 Å². The average Bonchev–Trinajstić information content (AvgIpc) is 2.62. The number of hydrogen-bond acceptors (Lipinski definition) is 3. The number of carbonyl (C=O) groups is 1. The Morgan fingerprint density at radius 2 is 2.22 bits per heavy atom. The van der Waals surface area contributed by atoms with Gasteiger partial charge in [0.1, 0.15) is 6.61 Å². The molecule has 18 heavy (non-hydrogen) atoms. The molecule has 1 heterocycles. The van der Waals surface area contributed by atoms with E-state index in [1.165, 1.54) is 4.90 Å². The van der Waals surface area contributed by atoms with Crippen molar-refractivity contribution < 1.29 is 22.7 Å². The highest BCUT2D eigenvalue weighted by Gasteiger charge is 2.31. The van der Waals surface area contributed by atoms with Crippen molar-refractivity contribution in [3.63, 3.8) is 0 Å². The minimum atomic E-state index is -4.31. The molecule has 1 amide bonds. The molecule has 0 radical (unpaired) electrons. The van der Waals surface area contributed by atoms with Gasteiger partial charge in [0.25, 0.3) is 0 Å². The molecule has 1 fully saturated rings. The van der Waals surface area contributed by atoms with E-state index in [4.69, 9.17) is 0 Å². The first-order chi connectivity index (χ1) is 8.44. The van der Waals surface area contributed by atoms with Crippen molar-refractivity contribution >= 4 is 5.91 Å². The van der Waals surface area contributed by atoms with Gasteiger partial charge in [0, 0.05) is 6.54 Å². The third-order valence-electron chi connectivity index (χ3n) is 2.76. The van der Waals surface area contributed by atoms with Crippen molar-refractivity contribution in [1.29, 1.82) is 0 Å². The maximum atomic E-state index is 11.8. The van der Waals surface area contributed by atoms with Crippen molar-refractivity contribution in [1.82, 2.24) is 10.2 Å². The molecule has 1 unspecified atom stereocenters. The molecule has 0 aliphatic carbocycles. The van der Waals surface area contributed by atoms with Crippen molar-refractivity contribution in [2.75, 3.05) is 26.4 Å². The highest BCUT2D eigenvalue weighted by molar-refractivity contribution is 5.83. The first-order valence-electron chi connectivity index (χ1n) is 6.10. The van der Waals surface area contributed by atoms with Gasteiger partial charge >= 0.3 is 6.18 Å². The van der Waals surface area contributed by atoms with Crippen LogP contribution in [0.1, 0.15) is 26.2 Å². The summed E-state index contributed by atoms with van der Waals surface area (Å²) in [5.41, 5.74) is 0. The summed E-state index contributed by atoms with van der Waals surface area (Å²) in [4.78, 5) is 13.3. The van der Waals surface area contributed by atoms with Gasteiger partial charge in [0.05, 0.1) is 19.3 Å². The second-order valence-electron chi connectivity index (χ2n) is 4.33. The summed E-state index contributed by atoms with van der Waals surface area (Å²) < 4.78 is 39.9. The summed E-state index contributed by atoms with van der Waals surface area (Å²) in [5, 5.41) is 3.05. The Hall–Kier alpha value is -0.820. The number of amides is 1. The standard InChI is InChI=1S/C11H19F3N2O2/c1-2-3-4-9-10(17)16(8-15-9)5-6-18-7-11(12,13)14/h9,15H,2-8H2,1H3. The fourth-order valence-electron chi connectivity index (χ4n) is 1.79. The van der Waals surface area contributed by atoms with Gasteiger partial charge in [-0.15, -0.1) is 0 Å². The van der Waals surface area contributed by atoms with Gasteiger partial charge in [0.15, 0.2) is 0 Å². The number of carbonyl (C=O) groups excluding carboxylic acids is 1. The average molecular weight is 268 g/mol. The quantitative estimate of drug-likeness (QED) is 0.712. The first kappa shape index (κ1) is 15.2. The van der Waals surface area contributed by atoms with E-state index in [-0.39, 0.29) is 25.1 Å². The number of rotatable bonds is 7. The van der Waals surface area contributed by atoms with Gasteiger partial charge in [-0.05, 0) is 6.42 Å². The highest BCUT2D eigenvalue weighted by Crippen LogP contribution is 2.14. The van der Waals surface area contributed by atoms with Crippen LogP contribution in [0.4, 0.5) is 13.2 Å². The third-order valence-corrected chi connectivity index (χ3v) is 2.76. The Bertz CT molecular complexity index is 272. The number of halogens is 3. The molecule has 7 heteroatoms. The Morgan fingerprint density at radius 1 is 1.50 bits per heavy atom. The van der Waals surface area contributed by atoms with Gasteiger partial charge in [-0.3, -0.25) is 10.1 Å².